The lowest BCUT2D eigenvalue weighted by Crippen LogP contribution is -2.22. The maximum Gasteiger partial charge on any atom is 0.0533 e. The maximum absolute atomic E-state index is 4.16. The van der Waals surface area contributed by atoms with Gasteiger partial charge in [-0.2, -0.15) is 5.10 Å². The van der Waals surface area contributed by atoms with Crippen LogP contribution in [0.5, 0.6) is 0 Å². The number of benzene rings is 1. The molecule has 1 N–H and O–H groups in total. The molecule has 0 aliphatic carbocycles. The molecule has 3 heteroatoms. The van der Waals surface area contributed by atoms with Crippen molar-refractivity contribution in [1.29, 1.82) is 0 Å². The number of aryl methyl sites for hydroxylation is 1. The van der Waals surface area contributed by atoms with E-state index in [-0.39, 0.29) is 0 Å². The van der Waals surface area contributed by atoms with Gasteiger partial charge in [-0.1, -0.05) is 29.8 Å². The summed E-state index contributed by atoms with van der Waals surface area (Å²) in [5, 5.41) is 7.59. The van der Waals surface area contributed by atoms with E-state index >= 15 is 0 Å². The quantitative estimate of drug-likeness (QED) is 0.768. The van der Waals surface area contributed by atoms with Crippen molar-refractivity contribution < 1.29 is 0 Å². The van der Waals surface area contributed by atoms with Gasteiger partial charge in [0.15, 0.2) is 0 Å². The van der Waals surface area contributed by atoms with Crippen LogP contribution in [0.4, 0.5) is 0 Å². The van der Waals surface area contributed by atoms with E-state index in [0.29, 0.717) is 0 Å². The average Bonchev–Trinajstić information content (AvgIpc) is 2.82. The minimum atomic E-state index is 0.931. The topological polar surface area (TPSA) is 29.9 Å². The van der Waals surface area contributed by atoms with Crippen molar-refractivity contribution in [3.05, 3.63) is 53.9 Å². The van der Waals surface area contributed by atoms with Gasteiger partial charge in [0.05, 0.1) is 6.54 Å². The van der Waals surface area contributed by atoms with E-state index in [0.717, 1.165) is 26.1 Å². The lowest BCUT2D eigenvalue weighted by molar-refractivity contribution is 0.556. The van der Waals surface area contributed by atoms with Crippen molar-refractivity contribution in [3.8, 4) is 0 Å². The van der Waals surface area contributed by atoms with E-state index in [4.69, 9.17) is 0 Å². The molecule has 0 atom stereocenters. The lowest BCUT2D eigenvalue weighted by Gasteiger charge is -2.05. The lowest BCUT2D eigenvalue weighted by atomic mass is 10.1. The molecule has 0 radical (unpaired) electrons. The Morgan fingerprint density at radius 2 is 2.18 bits per heavy atom. The van der Waals surface area contributed by atoms with Gasteiger partial charge in [0.2, 0.25) is 0 Å². The first-order valence-corrected chi connectivity index (χ1v) is 6.08. The fraction of sp³-hybridized carbons (Fsp3) is 0.357. The Bertz CT molecular complexity index is 434. The second kappa shape index (κ2) is 6.21. The minimum Gasteiger partial charge on any atom is -0.315 e. The van der Waals surface area contributed by atoms with Gasteiger partial charge in [-0.05, 0) is 31.5 Å². The first-order chi connectivity index (χ1) is 8.34. The number of rotatable bonds is 6. The Labute approximate surface area is 102 Å². The van der Waals surface area contributed by atoms with Crippen LogP contribution in [0.1, 0.15) is 11.1 Å². The summed E-state index contributed by atoms with van der Waals surface area (Å²) in [7, 11) is 0. The van der Waals surface area contributed by atoms with Crippen LogP contribution in [0.2, 0.25) is 0 Å². The molecule has 1 aromatic heterocycles. The molecule has 0 aliphatic heterocycles. The molecular formula is C14H19N3. The Morgan fingerprint density at radius 3 is 2.94 bits per heavy atom. The molecule has 0 unspecified atom stereocenters. The van der Waals surface area contributed by atoms with Crippen molar-refractivity contribution >= 4 is 0 Å². The summed E-state index contributed by atoms with van der Waals surface area (Å²) in [5.74, 6) is 0. The number of nitrogens with zero attached hydrogens (tertiary/aromatic N) is 2. The third-order valence-electron chi connectivity index (χ3n) is 2.75. The standard InChI is InChI=1S/C14H19N3/c1-13-4-2-5-14(12-13)6-8-15-9-11-17-10-3-7-16-17/h2-5,7,10,12,15H,6,8-9,11H2,1H3. The third kappa shape index (κ3) is 4.04. The smallest absolute Gasteiger partial charge is 0.0533 e. The monoisotopic (exact) mass is 229 g/mol. The molecule has 0 amide bonds. The highest BCUT2D eigenvalue weighted by Gasteiger charge is 1.94. The summed E-state index contributed by atoms with van der Waals surface area (Å²) in [6.45, 7) is 5.05. The fourth-order valence-corrected chi connectivity index (χ4v) is 1.85. The van der Waals surface area contributed by atoms with Gasteiger partial charge in [0, 0.05) is 18.9 Å². The van der Waals surface area contributed by atoms with Gasteiger partial charge in [-0.25, -0.2) is 0 Å². The van der Waals surface area contributed by atoms with Gasteiger partial charge in [-0.3, -0.25) is 4.68 Å². The number of hydrogen-bond donors (Lipinski definition) is 1. The van der Waals surface area contributed by atoms with Crippen molar-refractivity contribution in [2.75, 3.05) is 13.1 Å². The summed E-state index contributed by atoms with van der Waals surface area (Å²) in [6.07, 6.45) is 4.88. The Balaban J connectivity index is 1.63. The molecular weight excluding hydrogens is 210 g/mol. The number of aromatic nitrogens is 2. The molecule has 17 heavy (non-hydrogen) atoms. The predicted octanol–water partition coefficient (Wildman–Crippen LogP) is 2.02. The molecule has 0 aliphatic rings. The second-order valence-corrected chi connectivity index (χ2v) is 4.26. The summed E-state index contributed by atoms with van der Waals surface area (Å²) < 4.78 is 1.94. The zero-order valence-electron chi connectivity index (χ0n) is 10.3. The molecule has 0 fully saturated rings. The molecule has 90 valence electrons. The highest BCUT2D eigenvalue weighted by molar-refractivity contribution is 5.22. The highest BCUT2D eigenvalue weighted by atomic mass is 15.3. The summed E-state index contributed by atoms with van der Waals surface area (Å²) in [5.41, 5.74) is 2.73. The molecule has 2 aromatic rings. The van der Waals surface area contributed by atoms with Gasteiger partial charge in [0.25, 0.3) is 0 Å². The second-order valence-electron chi connectivity index (χ2n) is 4.26. The zero-order chi connectivity index (χ0) is 11.9. The van der Waals surface area contributed by atoms with Crippen LogP contribution in [-0.4, -0.2) is 22.9 Å². The summed E-state index contributed by atoms with van der Waals surface area (Å²) in [6, 6.07) is 10.6. The third-order valence-corrected chi connectivity index (χ3v) is 2.75. The van der Waals surface area contributed by atoms with E-state index in [1.165, 1.54) is 11.1 Å². The van der Waals surface area contributed by atoms with Crippen LogP contribution in [-0.2, 0) is 13.0 Å². The first-order valence-electron chi connectivity index (χ1n) is 6.08. The van der Waals surface area contributed by atoms with E-state index in [9.17, 15) is 0 Å². The van der Waals surface area contributed by atoms with Crippen LogP contribution in [0.15, 0.2) is 42.7 Å². The number of hydrogen-bond acceptors (Lipinski definition) is 2. The zero-order valence-corrected chi connectivity index (χ0v) is 10.3. The van der Waals surface area contributed by atoms with E-state index in [1.54, 1.807) is 0 Å². The minimum absolute atomic E-state index is 0.931. The normalized spacial score (nSPS) is 10.6. The molecule has 0 spiro atoms. The van der Waals surface area contributed by atoms with Gasteiger partial charge >= 0.3 is 0 Å². The SMILES string of the molecule is Cc1cccc(CCNCCn2cccn2)c1. The summed E-state index contributed by atoms with van der Waals surface area (Å²) in [4.78, 5) is 0. The molecule has 3 nitrogen and oxygen atoms in total. The van der Waals surface area contributed by atoms with Crippen molar-refractivity contribution in [2.45, 2.75) is 19.9 Å². The Hall–Kier alpha value is -1.61. The molecule has 0 saturated heterocycles. The Kier molecular flexibility index (Phi) is 4.33. The highest BCUT2D eigenvalue weighted by Crippen LogP contribution is 2.03. The van der Waals surface area contributed by atoms with Gasteiger partial charge < -0.3 is 5.32 Å². The van der Waals surface area contributed by atoms with Crippen molar-refractivity contribution in [1.82, 2.24) is 15.1 Å². The molecule has 0 saturated carbocycles. The van der Waals surface area contributed by atoms with Crippen LogP contribution in [0, 0.1) is 6.92 Å². The van der Waals surface area contributed by atoms with Crippen molar-refractivity contribution in [3.63, 3.8) is 0 Å². The van der Waals surface area contributed by atoms with E-state index < -0.39 is 0 Å². The van der Waals surface area contributed by atoms with E-state index in [1.807, 2.05) is 23.1 Å². The van der Waals surface area contributed by atoms with Crippen LogP contribution in [0.3, 0.4) is 0 Å². The Morgan fingerprint density at radius 1 is 1.24 bits per heavy atom. The van der Waals surface area contributed by atoms with Gasteiger partial charge in [-0.15, -0.1) is 0 Å². The largest absolute Gasteiger partial charge is 0.315 e. The fourth-order valence-electron chi connectivity index (χ4n) is 1.85. The molecule has 0 bridgehead atoms. The maximum atomic E-state index is 4.16. The predicted molar refractivity (Wildman–Crippen MR) is 70.0 cm³/mol. The van der Waals surface area contributed by atoms with Crippen LogP contribution < -0.4 is 5.32 Å². The van der Waals surface area contributed by atoms with Crippen LogP contribution >= 0.6 is 0 Å². The first kappa shape index (κ1) is 11.9. The molecule has 2 rings (SSSR count). The average molecular weight is 229 g/mol. The number of nitrogens with one attached hydrogen (secondary N) is 1. The molecule has 1 heterocycles. The summed E-state index contributed by atoms with van der Waals surface area (Å²) >= 11 is 0. The van der Waals surface area contributed by atoms with Crippen molar-refractivity contribution in [2.24, 2.45) is 0 Å². The van der Waals surface area contributed by atoms with Gasteiger partial charge in [0.1, 0.15) is 0 Å². The molecule has 1 aromatic carbocycles. The van der Waals surface area contributed by atoms with Crippen LogP contribution in [0.25, 0.3) is 0 Å². The van der Waals surface area contributed by atoms with E-state index in [2.05, 4.69) is 41.6 Å².